The highest BCUT2D eigenvalue weighted by molar-refractivity contribution is 5.54. The van der Waals surface area contributed by atoms with Crippen LogP contribution < -0.4 is 5.73 Å². The van der Waals surface area contributed by atoms with Crippen LogP contribution in [0.3, 0.4) is 0 Å². The highest BCUT2D eigenvalue weighted by Crippen LogP contribution is 2.11. The molecule has 0 aromatic carbocycles. The van der Waals surface area contributed by atoms with Crippen molar-refractivity contribution in [3.8, 4) is 5.69 Å². The summed E-state index contributed by atoms with van der Waals surface area (Å²) in [6.07, 6.45) is 6.41. The van der Waals surface area contributed by atoms with Crippen LogP contribution in [0.25, 0.3) is 5.69 Å². The Balaban J connectivity index is 2.55. The lowest BCUT2D eigenvalue weighted by Crippen LogP contribution is -2.02. The second-order valence-electron chi connectivity index (χ2n) is 2.25. The van der Waals surface area contributed by atoms with Gasteiger partial charge < -0.3 is 5.73 Å². The van der Waals surface area contributed by atoms with Crippen molar-refractivity contribution in [1.29, 1.82) is 0 Å². The van der Waals surface area contributed by atoms with Crippen molar-refractivity contribution in [1.82, 2.24) is 20.0 Å². The number of aromatic nitrogens is 4. The monoisotopic (exact) mass is 161 g/mol. The van der Waals surface area contributed by atoms with E-state index < -0.39 is 0 Å². The van der Waals surface area contributed by atoms with E-state index in [2.05, 4.69) is 15.2 Å². The molecule has 0 aliphatic heterocycles. The summed E-state index contributed by atoms with van der Waals surface area (Å²) in [5, 5.41) is 7.89. The molecule has 0 fully saturated rings. The second kappa shape index (κ2) is 2.61. The Hall–Kier alpha value is -1.91. The van der Waals surface area contributed by atoms with Gasteiger partial charge in [-0.1, -0.05) is 0 Å². The maximum atomic E-state index is 5.65. The molecule has 0 saturated heterocycles. The lowest BCUT2D eigenvalue weighted by molar-refractivity contribution is 0.753. The van der Waals surface area contributed by atoms with E-state index in [0.717, 1.165) is 5.69 Å². The highest BCUT2D eigenvalue weighted by Gasteiger charge is 2.00. The Labute approximate surface area is 68.8 Å². The summed E-state index contributed by atoms with van der Waals surface area (Å²) < 4.78 is 0. The molecule has 12 heavy (non-hydrogen) atoms. The number of nitrogens with two attached hydrogens (primary N) is 1. The maximum absolute atomic E-state index is 5.65. The average molecular weight is 161 g/mol. The second-order valence-corrected chi connectivity index (χ2v) is 2.25. The molecule has 2 heterocycles. The zero-order chi connectivity index (χ0) is 8.39. The van der Waals surface area contributed by atoms with Crippen LogP contribution >= 0.6 is 0 Å². The smallest absolute Gasteiger partial charge is 0.112 e. The Morgan fingerprint density at radius 1 is 1.17 bits per heavy atom. The minimum Gasteiger partial charge on any atom is -0.396 e. The molecule has 0 spiro atoms. The van der Waals surface area contributed by atoms with Gasteiger partial charge in [-0.15, -0.1) is 4.80 Å². The summed E-state index contributed by atoms with van der Waals surface area (Å²) in [6, 6.07) is 1.76. The summed E-state index contributed by atoms with van der Waals surface area (Å²) in [6.45, 7) is 0. The summed E-state index contributed by atoms with van der Waals surface area (Å²) >= 11 is 0. The van der Waals surface area contributed by atoms with Crippen LogP contribution in [0.4, 0.5) is 5.69 Å². The third-order valence-electron chi connectivity index (χ3n) is 1.46. The predicted octanol–water partition coefficient (Wildman–Crippen LogP) is 0.244. The molecule has 0 atom stereocenters. The van der Waals surface area contributed by atoms with Gasteiger partial charge in [-0.3, -0.25) is 4.98 Å². The van der Waals surface area contributed by atoms with Crippen molar-refractivity contribution >= 4 is 5.69 Å². The van der Waals surface area contributed by atoms with Gasteiger partial charge in [-0.25, -0.2) is 0 Å². The molecule has 0 amide bonds. The molecular formula is C7H7N5. The zero-order valence-electron chi connectivity index (χ0n) is 6.25. The molecule has 2 N–H and O–H groups in total. The fourth-order valence-electron chi connectivity index (χ4n) is 0.922. The fourth-order valence-corrected chi connectivity index (χ4v) is 0.922. The molecule has 5 heteroatoms. The molecule has 2 rings (SSSR count). The molecular weight excluding hydrogens is 154 g/mol. The number of nitrogen functional groups attached to an aromatic ring is 1. The molecule has 60 valence electrons. The number of hydrogen-bond donors (Lipinski definition) is 1. The largest absolute Gasteiger partial charge is 0.396 e. The molecule has 0 bridgehead atoms. The SMILES string of the molecule is Nc1cnccc1-n1nccn1. The van der Waals surface area contributed by atoms with Crippen LogP contribution in [-0.2, 0) is 0 Å². The summed E-state index contributed by atoms with van der Waals surface area (Å²) in [5.41, 5.74) is 6.96. The standard InChI is InChI=1S/C7H7N5/c8-6-5-9-2-1-7(6)12-10-3-4-11-12/h1-5H,8H2. The number of pyridine rings is 1. The van der Waals surface area contributed by atoms with E-state index in [1.807, 2.05) is 0 Å². The van der Waals surface area contributed by atoms with Crippen LogP contribution in [-0.4, -0.2) is 20.0 Å². The van der Waals surface area contributed by atoms with Crippen molar-refractivity contribution in [2.75, 3.05) is 5.73 Å². The van der Waals surface area contributed by atoms with Crippen molar-refractivity contribution in [3.05, 3.63) is 30.9 Å². The molecule has 0 aliphatic rings. The first-order chi connectivity index (χ1) is 5.88. The number of rotatable bonds is 1. The molecule has 5 nitrogen and oxygen atoms in total. The molecule has 2 aromatic heterocycles. The van der Waals surface area contributed by atoms with Crippen LogP contribution in [0.5, 0.6) is 0 Å². The molecule has 0 saturated carbocycles. The summed E-state index contributed by atoms with van der Waals surface area (Å²) in [5.74, 6) is 0. The van der Waals surface area contributed by atoms with Crippen LogP contribution in [0.1, 0.15) is 0 Å². The predicted molar refractivity (Wildman–Crippen MR) is 43.6 cm³/mol. The van der Waals surface area contributed by atoms with Crippen molar-refractivity contribution in [3.63, 3.8) is 0 Å². The fraction of sp³-hybridized carbons (Fsp3) is 0. The first-order valence-electron chi connectivity index (χ1n) is 3.44. The first kappa shape index (κ1) is 6.78. The normalized spacial score (nSPS) is 10.0. The summed E-state index contributed by atoms with van der Waals surface area (Å²) in [7, 11) is 0. The molecule has 2 aromatic rings. The van der Waals surface area contributed by atoms with Gasteiger partial charge in [0.25, 0.3) is 0 Å². The van der Waals surface area contributed by atoms with Crippen LogP contribution in [0, 0.1) is 0 Å². The van der Waals surface area contributed by atoms with Crippen molar-refractivity contribution < 1.29 is 0 Å². The zero-order valence-corrected chi connectivity index (χ0v) is 6.25. The quantitative estimate of drug-likeness (QED) is 0.650. The topological polar surface area (TPSA) is 69.6 Å². The summed E-state index contributed by atoms with van der Waals surface area (Å²) in [4.78, 5) is 5.32. The lowest BCUT2D eigenvalue weighted by Gasteiger charge is -2.01. The Morgan fingerprint density at radius 2 is 1.92 bits per heavy atom. The maximum Gasteiger partial charge on any atom is 0.112 e. The minimum atomic E-state index is 0.564. The van der Waals surface area contributed by atoms with Gasteiger partial charge in [0, 0.05) is 6.20 Å². The molecule has 0 aliphatic carbocycles. The molecule has 0 radical (unpaired) electrons. The molecule has 0 unspecified atom stereocenters. The van der Waals surface area contributed by atoms with Gasteiger partial charge in [-0.2, -0.15) is 10.2 Å². The van der Waals surface area contributed by atoms with E-state index in [9.17, 15) is 0 Å². The number of anilines is 1. The average Bonchev–Trinajstić information content (AvgIpc) is 2.57. The van der Waals surface area contributed by atoms with E-state index in [1.165, 1.54) is 4.80 Å². The van der Waals surface area contributed by atoms with E-state index in [1.54, 1.807) is 30.9 Å². The first-order valence-corrected chi connectivity index (χ1v) is 3.44. The van der Waals surface area contributed by atoms with Gasteiger partial charge in [0.1, 0.15) is 5.69 Å². The Bertz CT molecular complexity index is 367. The van der Waals surface area contributed by atoms with Crippen LogP contribution in [0.15, 0.2) is 30.9 Å². The Morgan fingerprint density at radius 3 is 2.58 bits per heavy atom. The van der Waals surface area contributed by atoms with E-state index in [0.29, 0.717) is 5.69 Å². The van der Waals surface area contributed by atoms with Gasteiger partial charge in [0.2, 0.25) is 0 Å². The van der Waals surface area contributed by atoms with Gasteiger partial charge >= 0.3 is 0 Å². The van der Waals surface area contributed by atoms with Gasteiger partial charge in [-0.05, 0) is 6.07 Å². The van der Waals surface area contributed by atoms with Crippen LogP contribution in [0.2, 0.25) is 0 Å². The van der Waals surface area contributed by atoms with Crippen molar-refractivity contribution in [2.24, 2.45) is 0 Å². The van der Waals surface area contributed by atoms with Gasteiger partial charge in [0.05, 0.1) is 24.3 Å². The van der Waals surface area contributed by atoms with E-state index in [4.69, 9.17) is 5.73 Å². The Kier molecular flexibility index (Phi) is 1.48. The van der Waals surface area contributed by atoms with Crippen molar-refractivity contribution in [2.45, 2.75) is 0 Å². The lowest BCUT2D eigenvalue weighted by atomic mass is 10.4. The van der Waals surface area contributed by atoms with Gasteiger partial charge in [0.15, 0.2) is 0 Å². The minimum absolute atomic E-state index is 0.564. The van der Waals surface area contributed by atoms with E-state index in [-0.39, 0.29) is 0 Å². The third kappa shape index (κ3) is 1.01. The van der Waals surface area contributed by atoms with E-state index >= 15 is 0 Å². The number of hydrogen-bond acceptors (Lipinski definition) is 4. The number of nitrogens with zero attached hydrogens (tertiary/aromatic N) is 4. The highest BCUT2D eigenvalue weighted by atomic mass is 15.5. The third-order valence-corrected chi connectivity index (χ3v) is 1.46.